The van der Waals surface area contributed by atoms with Crippen molar-refractivity contribution in [1.29, 1.82) is 0 Å². The lowest BCUT2D eigenvalue weighted by Gasteiger charge is -2.36. The van der Waals surface area contributed by atoms with Crippen LogP contribution in [0.2, 0.25) is 0 Å². The molecule has 1 unspecified atom stereocenters. The highest BCUT2D eigenvalue weighted by atomic mass is 16.5. The van der Waals surface area contributed by atoms with E-state index < -0.39 is 5.60 Å². The maximum atomic E-state index is 12.3. The summed E-state index contributed by atoms with van der Waals surface area (Å²) in [5.74, 6) is 0.194. The number of hydrogen-bond acceptors (Lipinski definition) is 3. The third-order valence-corrected chi connectivity index (χ3v) is 3.86. The van der Waals surface area contributed by atoms with Gasteiger partial charge in [0.2, 0.25) is 0 Å². The molecule has 4 heteroatoms. The second-order valence-corrected chi connectivity index (χ2v) is 5.04. The summed E-state index contributed by atoms with van der Waals surface area (Å²) >= 11 is 0. The van der Waals surface area contributed by atoms with Gasteiger partial charge in [-0.2, -0.15) is 0 Å². The molecule has 0 aromatic carbocycles. The lowest BCUT2D eigenvalue weighted by atomic mass is 9.98. The third kappa shape index (κ3) is 2.23. The highest BCUT2D eigenvalue weighted by Gasteiger charge is 2.41. The van der Waals surface area contributed by atoms with Gasteiger partial charge >= 0.3 is 0 Å². The molecule has 1 amide bonds. The first-order valence-electron chi connectivity index (χ1n) is 6.26. The SMILES string of the molecule is CNC1CCN(C(=O)C2(C)CCCO2)CC1. The van der Waals surface area contributed by atoms with Crippen LogP contribution in [0.25, 0.3) is 0 Å². The zero-order valence-corrected chi connectivity index (χ0v) is 10.3. The molecule has 1 N–H and O–H groups in total. The normalized spacial score (nSPS) is 32.0. The number of likely N-dealkylation sites (tertiary alicyclic amines) is 1. The van der Waals surface area contributed by atoms with E-state index in [-0.39, 0.29) is 5.91 Å². The van der Waals surface area contributed by atoms with Crippen molar-refractivity contribution in [3.05, 3.63) is 0 Å². The molecule has 2 fully saturated rings. The number of piperidine rings is 1. The van der Waals surface area contributed by atoms with Crippen LogP contribution in [0.1, 0.15) is 32.6 Å². The van der Waals surface area contributed by atoms with Crippen molar-refractivity contribution in [1.82, 2.24) is 10.2 Å². The smallest absolute Gasteiger partial charge is 0.254 e. The molecule has 0 spiro atoms. The Morgan fingerprint density at radius 2 is 2.12 bits per heavy atom. The zero-order chi connectivity index (χ0) is 11.6. The van der Waals surface area contributed by atoms with Gasteiger partial charge in [0.05, 0.1) is 0 Å². The first-order valence-corrected chi connectivity index (χ1v) is 6.26. The highest BCUT2D eigenvalue weighted by molar-refractivity contribution is 5.85. The van der Waals surface area contributed by atoms with Gasteiger partial charge in [0.25, 0.3) is 5.91 Å². The number of carbonyl (C=O) groups is 1. The summed E-state index contributed by atoms with van der Waals surface area (Å²) in [6.07, 6.45) is 3.99. The van der Waals surface area contributed by atoms with Gasteiger partial charge in [-0.05, 0) is 39.7 Å². The second kappa shape index (κ2) is 4.72. The van der Waals surface area contributed by atoms with Crippen molar-refractivity contribution in [3.8, 4) is 0 Å². The Morgan fingerprint density at radius 1 is 1.44 bits per heavy atom. The van der Waals surface area contributed by atoms with Gasteiger partial charge in [-0.15, -0.1) is 0 Å². The van der Waals surface area contributed by atoms with E-state index in [9.17, 15) is 4.79 Å². The fourth-order valence-electron chi connectivity index (χ4n) is 2.65. The van der Waals surface area contributed by atoms with Crippen LogP contribution in [-0.4, -0.2) is 49.2 Å². The predicted molar refractivity (Wildman–Crippen MR) is 62.3 cm³/mol. The molecule has 2 heterocycles. The number of rotatable bonds is 2. The van der Waals surface area contributed by atoms with Gasteiger partial charge < -0.3 is 15.0 Å². The van der Waals surface area contributed by atoms with Crippen molar-refractivity contribution < 1.29 is 9.53 Å². The van der Waals surface area contributed by atoms with Crippen LogP contribution in [0.4, 0.5) is 0 Å². The largest absolute Gasteiger partial charge is 0.365 e. The van der Waals surface area contributed by atoms with E-state index >= 15 is 0 Å². The van der Waals surface area contributed by atoms with Gasteiger partial charge in [-0.3, -0.25) is 4.79 Å². The minimum Gasteiger partial charge on any atom is -0.365 e. The number of ether oxygens (including phenoxy) is 1. The number of amides is 1. The molecule has 0 saturated carbocycles. The summed E-state index contributed by atoms with van der Waals surface area (Å²) in [5, 5.41) is 3.27. The molecule has 1 atom stereocenters. The molecule has 16 heavy (non-hydrogen) atoms. The fraction of sp³-hybridized carbons (Fsp3) is 0.917. The summed E-state index contributed by atoms with van der Waals surface area (Å²) in [5.41, 5.74) is -0.535. The quantitative estimate of drug-likeness (QED) is 0.756. The van der Waals surface area contributed by atoms with Crippen molar-refractivity contribution in [2.45, 2.75) is 44.2 Å². The van der Waals surface area contributed by atoms with Gasteiger partial charge in [0.1, 0.15) is 5.60 Å². The van der Waals surface area contributed by atoms with Gasteiger partial charge in [0.15, 0.2) is 0 Å². The summed E-state index contributed by atoms with van der Waals surface area (Å²) in [6.45, 7) is 4.40. The van der Waals surface area contributed by atoms with E-state index in [0.29, 0.717) is 6.04 Å². The van der Waals surface area contributed by atoms with Gasteiger partial charge in [0, 0.05) is 25.7 Å². The minimum atomic E-state index is -0.535. The molecule has 2 aliphatic rings. The molecule has 0 aromatic rings. The average Bonchev–Trinajstić information content (AvgIpc) is 2.77. The van der Waals surface area contributed by atoms with Crippen molar-refractivity contribution in [3.63, 3.8) is 0 Å². The topological polar surface area (TPSA) is 41.6 Å². The second-order valence-electron chi connectivity index (χ2n) is 5.04. The standard InChI is InChI=1S/C12H22N2O2/c1-12(6-3-9-16-12)11(15)14-7-4-10(13-2)5-8-14/h10,13H,3-9H2,1-2H3. The van der Waals surface area contributed by atoms with Crippen molar-refractivity contribution in [2.24, 2.45) is 0 Å². The third-order valence-electron chi connectivity index (χ3n) is 3.86. The van der Waals surface area contributed by atoms with E-state index in [4.69, 9.17) is 4.74 Å². The Labute approximate surface area is 97.3 Å². The maximum absolute atomic E-state index is 12.3. The van der Waals surface area contributed by atoms with Crippen LogP contribution in [0.15, 0.2) is 0 Å². The average molecular weight is 226 g/mol. The van der Waals surface area contributed by atoms with Crippen molar-refractivity contribution >= 4 is 5.91 Å². The van der Waals surface area contributed by atoms with E-state index in [1.165, 1.54) is 0 Å². The minimum absolute atomic E-state index is 0.194. The first kappa shape index (κ1) is 11.9. The Kier molecular flexibility index (Phi) is 3.50. The van der Waals surface area contributed by atoms with E-state index in [2.05, 4.69) is 5.32 Å². The highest BCUT2D eigenvalue weighted by Crippen LogP contribution is 2.28. The molecule has 0 radical (unpaired) electrons. The molecule has 2 rings (SSSR count). The monoisotopic (exact) mass is 226 g/mol. The number of hydrogen-bond donors (Lipinski definition) is 1. The van der Waals surface area contributed by atoms with Crippen molar-refractivity contribution in [2.75, 3.05) is 26.7 Å². The van der Waals surface area contributed by atoms with Crippen LogP contribution in [0, 0.1) is 0 Å². The van der Waals surface area contributed by atoms with Crippen LogP contribution < -0.4 is 5.32 Å². The molecule has 92 valence electrons. The number of nitrogens with one attached hydrogen (secondary N) is 1. The summed E-state index contributed by atoms with van der Waals surface area (Å²) in [7, 11) is 1.99. The van der Waals surface area contributed by atoms with E-state index in [0.717, 1.165) is 45.4 Å². The van der Waals surface area contributed by atoms with Crippen LogP contribution in [0.5, 0.6) is 0 Å². The van der Waals surface area contributed by atoms with Crippen LogP contribution >= 0.6 is 0 Å². The van der Waals surface area contributed by atoms with Gasteiger partial charge in [-0.25, -0.2) is 0 Å². The Hall–Kier alpha value is -0.610. The zero-order valence-electron chi connectivity index (χ0n) is 10.3. The molecule has 2 saturated heterocycles. The van der Waals surface area contributed by atoms with Crippen LogP contribution in [-0.2, 0) is 9.53 Å². The Bertz CT molecular complexity index is 254. The lowest BCUT2D eigenvalue weighted by molar-refractivity contribution is -0.152. The molecule has 2 aliphatic heterocycles. The fourth-order valence-corrected chi connectivity index (χ4v) is 2.65. The molecular weight excluding hydrogens is 204 g/mol. The van der Waals surface area contributed by atoms with E-state index in [1.807, 2.05) is 18.9 Å². The molecule has 0 aliphatic carbocycles. The molecular formula is C12H22N2O2. The van der Waals surface area contributed by atoms with Crippen LogP contribution in [0.3, 0.4) is 0 Å². The number of carbonyl (C=O) groups excluding carboxylic acids is 1. The van der Waals surface area contributed by atoms with Gasteiger partial charge in [-0.1, -0.05) is 0 Å². The summed E-state index contributed by atoms with van der Waals surface area (Å²) < 4.78 is 5.60. The maximum Gasteiger partial charge on any atom is 0.254 e. The molecule has 0 bridgehead atoms. The first-order chi connectivity index (χ1) is 7.65. The van der Waals surface area contributed by atoms with E-state index in [1.54, 1.807) is 0 Å². The lowest BCUT2D eigenvalue weighted by Crippen LogP contribution is -2.51. The molecule has 0 aromatic heterocycles. The number of nitrogens with zero attached hydrogens (tertiary/aromatic N) is 1. The summed E-state index contributed by atoms with van der Waals surface area (Å²) in [4.78, 5) is 14.3. The molecule has 4 nitrogen and oxygen atoms in total. The Balaban J connectivity index is 1.91. The predicted octanol–water partition coefficient (Wildman–Crippen LogP) is 0.766. The summed E-state index contributed by atoms with van der Waals surface area (Å²) in [6, 6.07) is 0.571. The Morgan fingerprint density at radius 3 is 2.62 bits per heavy atom.